The van der Waals surface area contributed by atoms with Gasteiger partial charge in [0.05, 0.1) is 18.0 Å². The molecule has 116 valence electrons. The van der Waals surface area contributed by atoms with E-state index in [1.807, 2.05) is 20.8 Å². The van der Waals surface area contributed by atoms with Crippen LogP contribution in [0, 0.1) is 0 Å². The predicted octanol–water partition coefficient (Wildman–Crippen LogP) is 3.02. The van der Waals surface area contributed by atoms with E-state index in [2.05, 4.69) is 11.6 Å². The molecule has 1 aliphatic heterocycles. The Kier molecular flexibility index (Phi) is 4.92. The van der Waals surface area contributed by atoms with E-state index in [0.717, 1.165) is 37.8 Å². The number of hydrogen-bond acceptors (Lipinski definition) is 3. The quantitative estimate of drug-likeness (QED) is 0.871. The molecule has 1 N–H and O–H groups in total. The second-order valence-electron chi connectivity index (χ2n) is 6.53. The Morgan fingerprint density at radius 1 is 1.25 bits per heavy atom. The van der Waals surface area contributed by atoms with Crippen LogP contribution in [0.4, 0.5) is 0 Å². The molecule has 1 heterocycles. The summed E-state index contributed by atoms with van der Waals surface area (Å²) in [5, 5.41) is 0. The summed E-state index contributed by atoms with van der Waals surface area (Å²) in [5.41, 5.74) is 2.53. The van der Waals surface area contributed by atoms with Crippen molar-refractivity contribution in [2.75, 3.05) is 13.2 Å². The molecule has 0 aromatic heterocycles. The lowest BCUT2D eigenvalue weighted by Crippen LogP contribution is -2.36. The van der Waals surface area contributed by atoms with E-state index < -0.39 is 11.0 Å². The molecule has 20 heavy (non-hydrogen) atoms. The summed E-state index contributed by atoms with van der Waals surface area (Å²) in [6.45, 7) is 9.51. The van der Waals surface area contributed by atoms with Crippen molar-refractivity contribution in [3.05, 3.63) is 11.3 Å². The van der Waals surface area contributed by atoms with Gasteiger partial charge in [-0.1, -0.05) is 6.92 Å². The summed E-state index contributed by atoms with van der Waals surface area (Å²) < 4.78 is 26.7. The Bertz CT molecular complexity index is 394. The third-order valence-electron chi connectivity index (χ3n) is 3.98. The van der Waals surface area contributed by atoms with Crippen molar-refractivity contribution < 1.29 is 13.7 Å². The van der Waals surface area contributed by atoms with Crippen LogP contribution in [0.2, 0.25) is 0 Å². The van der Waals surface area contributed by atoms with Gasteiger partial charge in [0.15, 0.2) is 5.79 Å². The van der Waals surface area contributed by atoms with E-state index in [9.17, 15) is 4.21 Å². The molecule has 1 saturated carbocycles. The van der Waals surface area contributed by atoms with E-state index in [1.54, 1.807) is 0 Å². The molecular formula is C15H27NO3S. The van der Waals surface area contributed by atoms with Crippen molar-refractivity contribution in [1.82, 2.24) is 4.72 Å². The molecule has 4 nitrogen and oxygen atoms in total. The largest absolute Gasteiger partial charge is 0.348 e. The number of ether oxygens (including phenoxy) is 2. The predicted molar refractivity (Wildman–Crippen MR) is 81.5 cm³/mol. The summed E-state index contributed by atoms with van der Waals surface area (Å²) in [7, 11) is -1.05. The molecular weight excluding hydrogens is 274 g/mol. The average molecular weight is 301 g/mol. The van der Waals surface area contributed by atoms with Crippen LogP contribution in [-0.4, -0.2) is 28.0 Å². The molecule has 0 radical (unpaired) electrons. The number of hydrogen-bond donors (Lipinski definition) is 1. The van der Waals surface area contributed by atoms with Gasteiger partial charge in [-0.25, -0.2) is 4.21 Å². The first-order valence-corrected chi connectivity index (χ1v) is 8.69. The zero-order valence-corrected chi connectivity index (χ0v) is 13.9. The first kappa shape index (κ1) is 16.0. The number of nitrogens with one attached hydrogen (secondary N) is 1. The molecule has 1 atom stereocenters. The van der Waals surface area contributed by atoms with E-state index in [1.165, 1.54) is 5.57 Å². The van der Waals surface area contributed by atoms with Gasteiger partial charge in [-0.3, -0.25) is 0 Å². The molecule has 2 fully saturated rings. The maximum absolute atomic E-state index is 12.2. The van der Waals surface area contributed by atoms with E-state index in [0.29, 0.717) is 13.2 Å². The molecule has 0 aromatic rings. The number of rotatable bonds is 3. The van der Waals surface area contributed by atoms with Gasteiger partial charge < -0.3 is 14.2 Å². The van der Waals surface area contributed by atoms with Crippen molar-refractivity contribution in [2.45, 2.75) is 70.3 Å². The minimum absolute atomic E-state index is 0.242. The molecule has 1 spiro atoms. The highest BCUT2D eigenvalue weighted by Gasteiger charge is 2.39. The first-order chi connectivity index (χ1) is 9.36. The fraction of sp³-hybridized carbons (Fsp3) is 0.867. The fourth-order valence-corrected chi connectivity index (χ4v) is 3.50. The second kappa shape index (κ2) is 6.16. The Balaban J connectivity index is 2.02. The molecule has 5 heteroatoms. The normalized spacial score (nSPS) is 23.9. The maximum atomic E-state index is 12.2. The molecule has 0 bridgehead atoms. The summed E-state index contributed by atoms with van der Waals surface area (Å²) in [5.74, 6) is -0.328. The van der Waals surface area contributed by atoms with Crippen molar-refractivity contribution in [3.63, 3.8) is 0 Å². The van der Waals surface area contributed by atoms with E-state index in [4.69, 9.17) is 9.47 Å². The SMILES string of the molecule is CCC(NS(=O)C(C)(C)C)=C1CCC2(CC1)OCCO2. The van der Waals surface area contributed by atoms with Crippen LogP contribution in [0.25, 0.3) is 0 Å². The van der Waals surface area contributed by atoms with Gasteiger partial charge in [-0.15, -0.1) is 0 Å². The third kappa shape index (κ3) is 3.62. The minimum Gasteiger partial charge on any atom is -0.348 e. The summed E-state index contributed by atoms with van der Waals surface area (Å²) >= 11 is 0. The highest BCUT2D eigenvalue weighted by Crippen LogP contribution is 2.39. The topological polar surface area (TPSA) is 47.6 Å². The highest BCUT2D eigenvalue weighted by atomic mass is 32.2. The first-order valence-electron chi connectivity index (χ1n) is 7.54. The highest BCUT2D eigenvalue weighted by molar-refractivity contribution is 7.84. The summed E-state index contributed by atoms with van der Waals surface area (Å²) in [4.78, 5) is 0. The molecule has 1 aliphatic carbocycles. The van der Waals surface area contributed by atoms with Gasteiger partial charge >= 0.3 is 0 Å². The van der Waals surface area contributed by atoms with Gasteiger partial charge in [0.1, 0.15) is 11.0 Å². The monoisotopic (exact) mass is 301 g/mol. The van der Waals surface area contributed by atoms with Crippen molar-refractivity contribution in [3.8, 4) is 0 Å². The molecule has 0 aromatic carbocycles. The Hall–Kier alpha value is -0.390. The van der Waals surface area contributed by atoms with Crippen LogP contribution in [0.1, 0.15) is 59.8 Å². The smallest absolute Gasteiger partial charge is 0.169 e. The van der Waals surface area contributed by atoms with Crippen LogP contribution in [-0.2, 0) is 20.5 Å². The fourth-order valence-electron chi connectivity index (χ4n) is 2.68. The zero-order chi connectivity index (χ0) is 14.8. The zero-order valence-electron chi connectivity index (χ0n) is 13.1. The molecule has 2 rings (SSSR count). The lowest BCUT2D eigenvalue weighted by molar-refractivity contribution is -0.171. The Morgan fingerprint density at radius 3 is 2.25 bits per heavy atom. The van der Waals surface area contributed by atoms with Crippen LogP contribution in [0.5, 0.6) is 0 Å². The van der Waals surface area contributed by atoms with E-state index >= 15 is 0 Å². The molecule has 0 amide bonds. The van der Waals surface area contributed by atoms with Crippen molar-refractivity contribution in [2.24, 2.45) is 0 Å². The Morgan fingerprint density at radius 2 is 1.80 bits per heavy atom. The van der Waals surface area contributed by atoms with Gasteiger partial charge in [0, 0.05) is 18.5 Å². The van der Waals surface area contributed by atoms with Crippen LogP contribution in [0.15, 0.2) is 11.3 Å². The summed E-state index contributed by atoms with van der Waals surface area (Å²) in [6.07, 6.45) is 4.66. The lowest BCUT2D eigenvalue weighted by Gasteiger charge is -2.33. The average Bonchev–Trinajstić information content (AvgIpc) is 2.84. The molecule has 2 aliphatic rings. The molecule has 1 unspecified atom stereocenters. The minimum atomic E-state index is -1.05. The van der Waals surface area contributed by atoms with Gasteiger partial charge in [-0.2, -0.15) is 0 Å². The van der Waals surface area contributed by atoms with Gasteiger partial charge in [-0.05, 0) is 45.6 Å². The molecule has 1 saturated heterocycles. The van der Waals surface area contributed by atoms with Gasteiger partial charge in [0.25, 0.3) is 0 Å². The van der Waals surface area contributed by atoms with Crippen molar-refractivity contribution in [1.29, 1.82) is 0 Å². The number of allylic oxidation sites excluding steroid dienone is 2. The third-order valence-corrected chi connectivity index (χ3v) is 5.53. The Labute approximate surface area is 124 Å². The standard InChI is InChI=1S/C15H27NO3S/c1-5-13(16-20(17)14(2,3)4)12-6-8-15(9-7-12)18-10-11-19-15/h16H,5-11H2,1-4H3. The van der Waals surface area contributed by atoms with Gasteiger partial charge in [0.2, 0.25) is 0 Å². The second-order valence-corrected chi connectivity index (χ2v) is 8.49. The van der Waals surface area contributed by atoms with Crippen molar-refractivity contribution >= 4 is 11.0 Å². The van der Waals surface area contributed by atoms with Crippen LogP contribution in [0.3, 0.4) is 0 Å². The lowest BCUT2D eigenvalue weighted by atomic mass is 9.88. The van der Waals surface area contributed by atoms with Crippen LogP contribution >= 0.6 is 0 Å². The van der Waals surface area contributed by atoms with Crippen LogP contribution < -0.4 is 4.72 Å². The summed E-state index contributed by atoms with van der Waals surface area (Å²) in [6, 6.07) is 0. The van der Waals surface area contributed by atoms with E-state index in [-0.39, 0.29) is 10.5 Å². The maximum Gasteiger partial charge on any atom is 0.169 e.